The molecular weight excluding hydrogens is 321 g/mol. The van der Waals surface area contributed by atoms with E-state index >= 15 is 0 Å². The van der Waals surface area contributed by atoms with Gasteiger partial charge in [-0.3, -0.25) is 9.59 Å². The highest BCUT2D eigenvalue weighted by molar-refractivity contribution is 5.83. The normalized spacial score (nSPS) is 11.6. The van der Waals surface area contributed by atoms with Crippen LogP contribution in [-0.2, 0) is 27.2 Å². The van der Waals surface area contributed by atoms with E-state index in [1.54, 1.807) is 19.1 Å². The van der Waals surface area contributed by atoms with E-state index in [1.807, 2.05) is 30.3 Å². The van der Waals surface area contributed by atoms with Gasteiger partial charge in [0.05, 0.1) is 0 Å². The second kappa shape index (κ2) is 9.57. The maximum absolute atomic E-state index is 12.8. The molecular formula is C20H22FNO3. The molecule has 0 spiro atoms. The Balaban J connectivity index is 1.66. The number of ether oxygens (including phenoxy) is 1. The fourth-order valence-corrected chi connectivity index (χ4v) is 2.33. The second-order valence-corrected chi connectivity index (χ2v) is 5.79. The molecule has 1 N–H and O–H groups in total. The molecule has 0 radical (unpaired) electrons. The lowest BCUT2D eigenvalue weighted by Gasteiger charge is -2.13. The van der Waals surface area contributed by atoms with E-state index in [-0.39, 0.29) is 18.1 Å². The number of carbonyl (C=O) groups is 2. The molecule has 25 heavy (non-hydrogen) atoms. The van der Waals surface area contributed by atoms with Gasteiger partial charge in [0.15, 0.2) is 6.10 Å². The quantitative estimate of drug-likeness (QED) is 0.750. The zero-order valence-electron chi connectivity index (χ0n) is 14.2. The van der Waals surface area contributed by atoms with Gasteiger partial charge in [0.25, 0.3) is 5.91 Å². The number of esters is 1. The molecule has 0 aliphatic rings. The lowest BCUT2D eigenvalue weighted by atomic mass is 10.1. The number of aryl methyl sites for hydroxylation is 1. The molecule has 0 aliphatic heterocycles. The molecule has 0 saturated carbocycles. The predicted octanol–water partition coefficient (Wildman–Crippen LogP) is 3.05. The van der Waals surface area contributed by atoms with Crippen LogP contribution in [0.4, 0.5) is 4.39 Å². The van der Waals surface area contributed by atoms with Gasteiger partial charge in [-0.05, 0) is 43.0 Å². The lowest BCUT2D eigenvalue weighted by molar-refractivity contribution is -0.154. The van der Waals surface area contributed by atoms with Crippen molar-refractivity contribution < 1.29 is 18.7 Å². The van der Waals surface area contributed by atoms with E-state index in [9.17, 15) is 14.0 Å². The maximum Gasteiger partial charge on any atom is 0.306 e. The number of carbonyl (C=O) groups excluding carboxylic acids is 2. The van der Waals surface area contributed by atoms with E-state index in [2.05, 4.69) is 5.32 Å². The number of hydrogen-bond acceptors (Lipinski definition) is 3. The topological polar surface area (TPSA) is 55.4 Å². The van der Waals surface area contributed by atoms with Crippen LogP contribution in [0.1, 0.15) is 24.5 Å². The SMILES string of the molecule is C[C@@H](OC(=O)CCc1ccccc1)C(=O)NCCc1ccc(F)cc1. The van der Waals surface area contributed by atoms with E-state index in [4.69, 9.17) is 4.74 Å². The Bertz CT molecular complexity index is 686. The molecule has 1 atom stereocenters. The van der Waals surface area contributed by atoms with Crippen LogP contribution in [0.2, 0.25) is 0 Å². The fourth-order valence-electron chi connectivity index (χ4n) is 2.33. The van der Waals surface area contributed by atoms with Crippen molar-refractivity contribution in [3.05, 3.63) is 71.5 Å². The summed E-state index contributed by atoms with van der Waals surface area (Å²) >= 11 is 0. The molecule has 5 heteroatoms. The number of hydrogen-bond donors (Lipinski definition) is 1. The zero-order chi connectivity index (χ0) is 18.1. The lowest BCUT2D eigenvalue weighted by Crippen LogP contribution is -2.36. The molecule has 0 fully saturated rings. The highest BCUT2D eigenvalue weighted by atomic mass is 19.1. The van der Waals surface area contributed by atoms with Gasteiger partial charge < -0.3 is 10.1 Å². The molecule has 0 heterocycles. The van der Waals surface area contributed by atoms with Gasteiger partial charge in [0.2, 0.25) is 0 Å². The minimum absolute atomic E-state index is 0.233. The summed E-state index contributed by atoms with van der Waals surface area (Å²) in [6.07, 6.45) is 0.563. The van der Waals surface area contributed by atoms with Crippen molar-refractivity contribution in [1.82, 2.24) is 5.32 Å². The average molecular weight is 343 g/mol. The van der Waals surface area contributed by atoms with Crippen LogP contribution in [0.25, 0.3) is 0 Å². The summed E-state index contributed by atoms with van der Waals surface area (Å²) in [5.41, 5.74) is 1.98. The Labute approximate surface area is 147 Å². The Morgan fingerprint density at radius 2 is 1.64 bits per heavy atom. The van der Waals surface area contributed by atoms with E-state index in [1.165, 1.54) is 12.1 Å². The monoisotopic (exact) mass is 343 g/mol. The molecule has 1 amide bonds. The van der Waals surface area contributed by atoms with E-state index in [0.717, 1.165) is 11.1 Å². The van der Waals surface area contributed by atoms with E-state index < -0.39 is 12.1 Å². The second-order valence-electron chi connectivity index (χ2n) is 5.79. The Hall–Kier alpha value is -2.69. The van der Waals surface area contributed by atoms with Crippen molar-refractivity contribution in [2.24, 2.45) is 0 Å². The van der Waals surface area contributed by atoms with E-state index in [0.29, 0.717) is 19.4 Å². The van der Waals surface area contributed by atoms with Crippen molar-refractivity contribution in [2.45, 2.75) is 32.3 Å². The zero-order valence-corrected chi connectivity index (χ0v) is 14.2. The fraction of sp³-hybridized carbons (Fsp3) is 0.300. The Morgan fingerprint density at radius 1 is 1.00 bits per heavy atom. The predicted molar refractivity (Wildman–Crippen MR) is 93.4 cm³/mol. The maximum atomic E-state index is 12.8. The summed E-state index contributed by atoms with van der Waals surface area (Å²) in [6, 6.07) is 15.7. The standard InChI is InChI=1S/C20H22FNO3/c1-15(25-19(23)12-9-16-5-3-2-4-6-16)20(24)22-14-13-17-7-10-18(21)11-8-17/h2-8,10-11,15H,9,12-14H2,1H3,(H,22,24)/t15-/m1/s1. The van der Waals surface area contributed by atoms with Crippen LogP contribution in [0.15, 0.2) is 54.6 Å². The largest absolute Gasteiger partial charge is 0.453 e. The first-order chi connectivity index (χ1) is 12.0. The number of amides is 1. The Kier molecular flexibility index (Phi) is 7.14. The first-order valence-electron chi connectivity index (χ1n) is 8.30. The molecule has 0 saturated heterocycles. The van der Waals surface area contributed by atoms with Crippen LogP contribution in [0, 0.1) is 5.82 Å². The van der Waals surface area contributed by atoms with Gasteiger partial charge in [-0.25, -0.2) is 4.39 Å². The molecule has 2 rings (SSSR count). The first kappa shape index (κ1) is 18.6. The van der Waals surface area contributed by atoms with Gasteiger partial charge in [-0.2, -0.15) is 0 Å². The van der Waals surface area contributed by atoms with Crippen LogP contribution in [-0.4, -0.2) is 24.5 Å². The summed E-state index contributed by atoms with van der Waals surface area (Å²) in [5.74, 6) is -1.02. The Morgan fingerprint density at radius 3 is 2.32 bits per heavy atom. The summed E-state index contributed by atoms with van der Waals surface area (Å²) < 4.78 is 18.0. The van der Waals surface area contributed by atoms with Crippen LogP contribution >= 0.6 is 0 Å². The summed E-state index contributed by atoms with van der Waals surface area (Å²) in [6.45, 7) is 1.95. The van der Waals surface area contributed by atoms with Crippen molar-refractivity contribution >= 4 is 11.9 Å². The molecule has 2 aromatic rings. The van der Waals surface area contributed by atoms with Crippen LogP contribution < -0.4 is 5.32 Å². The van der Waals surface area contributed by atoms with Crippen molar-refractivity contribution in [1.29, 1.82) is 0 Å². The molecule has 0 unspecified atom stereocenters. The number of halogens is 1. The minimum atomic E-state index is -0.837. The van der Waals surface area contributed by atoms with Gasteiger partial charge >= 0.3 is 5.97 Å². The summed E-state index contributed by atoms with van der Waals surface area (Å²) in [4.78, 5) is 23.8. The number of rotatable bonds is 8. The minimum Gasteiger partial charge on any atom is -0.453 e. The van der Waals surface area contributed by atoms with Crippen molar-refractivity contribution in [2.75, 3.05) is 6.54 Å². The molecule has 0 bridgehead atoms. The van der Waals surface area contributed by atoms with Crippen LogP contribution in [0.3, 0.4) is 0 Å². The van der Waals surface area contributed by atoms with Gasteiger partial charge in [-0.15, -0.1) is 0 Å². The smallest absolute Gasteiger partial charge is 0.306 e. The third kappa shape index (κ3) is 6.75. The number of nitrogens with one attached hydrogen (secondary N) is 1. The highest BCUT2D eigenvalue weighted by Gasteiger charge is 2.17. The molecule has 0 aliphatic carbocycles. The molecule has 0 aromatic heterocycles. The van der Waals surface area contributed by atoms with Crippen molar-refractivity contribution in [3.63, 3.8) is 0 Å². The van der Waals surface area contributed by atoms with Crippen LogP contribution in [0.5, 0.6) is 0 Å². The highest BCUT2D eigenvalue weighted by Crippen LogP contribution is 2.05. The van der Waals surface area contributed by atoms with Crippen molar-refractivity contribution in [3.8, 4) is 0 Å². The summed E-state index contributed by atoms with van der Waals surface area (Å²) in [5, 5.41) is 2.71. The van der Waals surface area contributed by atoms with Gasteiger partial charge in [0.1, 0.15) is 5.82 Å². The third-order valence-corrected chi connectivity index (χ3v) is 3.76. The first-order valence-corrected chi connectivity index (χ1v) is 8.30. The summed E-state index contributed by atoms with van der Waals surface area (Å²) in [7, 11) is 0. The molecule has 132 valence electrons. The van der Waals surface area contributed by atoms with Gasteiger partial charge in [0, 0.05) is 13.0 Å². The number of benzene rings is 2. The van der Waals surface area contributed by atoms with Gasteiger partial charge in [-0.1, -0.05) is 42.5 Å². The molecule has 4 nitrogen and oxygen atoms in total. The molecule has 2 aromatic carbocycles. The average Bonchev–Trinajstić information content (AvgIpc) is 2.62. The third-order valence-electron chi connectivity index (χ3n) is 3.76.